The average molecular weight is 271 g/mol. The topological polar surface area (TPSA) is 41.9 Å². The van der Waals surface area contributed by atoms with Crippen molar-refractivity contribution < 1.29 is 19.0 Å². The average Bonchev–Trinajstić information content (AvgIpc) is 2.43. The summed E-state index contributed by atoms with van der Waals surface area (Å²) in [5, 5.41) is 9.34. The van der Waals surface area contributed by atoms with Crippen LogP contribution in [0.2, 0.25) is 0 Å². The lowest BCUT2D eigenvalue weighted by Gasteiger charge is -2.26. The van der Waals surface area contributed by atoms with Gasteiger partial charge in [0.2, 0.25) is 0 Å². The first kappa shape index (κ1) is 15.9. The second-order valence-electron chi connectivity index (χ2n) is 4.26. The van der Waals surface area contributed by atoms with Gasteiger partial charge >= 0.3 is 0 Å². The van der Waals surface area contributed by atoms with Gasteiger partial charge in [0.25, 0.3) is 0 Å². The zero-order chi connectivity index (χ0) is 14.1. The summed E-state index contributed by atoms with van der Waals surface area (Å²) >= 11 is 0. The van der Waals surface area contributed by atoms with E-state index in [0.717, 1.165) is 18.7 Å². The molecule has 0 aromatic heterocycles. The van der Waals surface area contributed by atoms with Crippen molar-refractivity contribution >= 4 is 5.69 Å². The summed E-state index contributed by atoms with van der Waals surface area (Å²) in [6, 6.07) is 4.47. The molecule has 0 aliphatic carbocycles. The molecular weight excluding hydrogens is 249 g/mol. The lowest BCUT2D eigenvalue weighted by molar-refractivity contribution is 0.191. The molecule has 0 unspecified atom stereocenters. The molecule has 0 radical (unpaired) electrons. The molecule has 0 bridgehead atoms. The summed E-state index contributed by atoms with van der Waals surface area (Å²) < 4.78 is 23.3. The van der Waals surface area contributed by atoms with E-state index >= 15 is 0 Å². The van der Waals surface area contributed by atoms with E-state index in [4.69, 9.17) is 9.47 Å². The van der Waals surface area contributed by atoms with Crippen LogP contribution in [0.4, 0.5) is 10.1 Å². The Morgan fingerprint density at radius 1 is 1.16 bits per heavy atom. The molecule has 0 fully saturated rings. The van der Waals surface area contributed by atoms with E-state index in [1.54, 1.807) is 20.3 Å². The van der Waals surface area contributed by atoms with E-state index in [9.17, 15) is 9.50 Å². The molecular formula is C14H22FNO3. The molecule has 0 aliphatic heterocycles. The minimum atomic E-state index is -0.337. The van der Waals surface area contributed by atoms with Crippen molar-refractivity contribution in [3.8, 4) is 0 Å². The van der Waals surface area contributed by atoms with Gasteiger partial charge in [0.15, 0.2) is 0 Å². The number of hydrogen-bond donors (Lipinski definition) is 1. The predicted molar refractivity (Wildman–Crippen MR) is 72.9 cm³/mol. The Bertz CT molecular complexity index is 374. The molecule has 0 atom stereocenters. The fourth-order valence-electron chi connectivity index (χ4n) is 1.94. The first-order valence-electron chi connectivity index (χ1n) is 6.35. The van der Waals surface area contributed by atoms with E-state index in [1.165, 1.54) is 12.1 Å². The van der Waals surface area contributed by atoms with Crippen molar-refractivity contribution in [1.82, 2.24) is 0 Å². The van der Waals surface area contributed by atoms with Crippen molar-refractivity contribution in [2.24, 2.45) is 0 Å². The van der Waals surface area contributed by atoms with E-state index in [1.807, 2.05) is 0 Å². The third-order valence-corrected chi connectivity index (χ3v) is 2.89. The van der Waals surface area contributed by atoms with Crippen molar-refractivity contribution in [2.75, 3.05) is 45.4 Å². The number of halogens is 1. The molecule has 0 spiro atoms. The maximum atomic E-state index is 13.2. The molecule has 19 heavy (non-hydrogen) atoms. The number of aliphatic hydroxyl groups is 1. The maximum Gasteiger partial charge on any atom is 0.123 e. The smallest absolute Gasteiger partial charge is 0.123 e. The molecule has 1 rings (SSSR count). The summed E-state index contributed by atoms with van der Waals surface area (Å²) in [7, 11) is 3.31. The molecule has 0 heterocycles. The van der Waals surface area contributed by atoms with Crippen molar-refractivity contribution in [2.45, 2.75) is 13.0 Å². The third-order valence-electron chi connectivity index (χ3n) is 2.89. The minimum absolute atomic E-state index is 0.180. The fourth-order valence-corrected chi connectivity index (χ4v) is 1.94. The van der Waals surface area contributed by atoms with Gasteiger partial charge < -0.3 is 19.5 Å². The Balaban J connectivity index is 2.82. The van der Waals surface area contributed by atoms with E-state index < -0.39 is 0 Å². The molecule has 1 aromatic rings. The molecule has 1 aromatic carbocycles. The zero-order valence-electron chi connectivity index (χ0n) is 11.6. The second kappa shape index (κ2) is 8.85. The van der Waals surface area contributed by atoms with Gasteiger partial charge in [-0.15, -0.1) is 0 Å². The summed E-state index contributed by atoms with van der Waals surface area (Å²) in [6.45, 7) is 2.53. The van der Waals surface area contributed by atoms with Crippen LogP contribution in [-0.2, 0) is 16.1 Å². The van der Waals surface area contributed by atoms with Crippen molar-refractivity contribution in [1.29, 1.82) is 0 Å². The van der Waals surface area contributed by atoms with Gasteiger partial charge in [-0.05, 0) is 24.6 Å². The number of hydrogen-bond acceptors (Lipinski definition) is 4. The lowest BCUT2D eigenvalue weighted by Crippen LogP contribution is -2.30. The Morgan fingerprint density at radius 3 is 2.53 bits per heavy atom. The summed E-state index contributed by atoms with van der Waals surface area (Å²) in [6.07, 6.45) is 0.864. The van der Waals surface area contributed by atoms with Crippen LogP contribution in [0.3, 0.4) is 0 Å². The fraction of sp³-hybridized carbons (Fsp3) is 0.571. The minimum Gasteiger partial charge on any atom is -0.392 e. The number of rotatable bonds is 9. The highest BCUT2D eigenvalue weighted by molar-refractivity contribution is 5.53. The first-order chi connectivity index (χ1) is 9.22. The monoisotopic (exact) mass is 271 g/mol. The summed E-state index contributed by atoms with van der Waals surface area (Å²) in [5.41, 5.74) is 1.44. The van der Waals surface area contributed by atoms with Crippen molar-refractivity contribution in [3.63, 3.8) is 0 Å². The van der Waals surface area contributed by atoms with E-state index in [2.05, 4.69) is 4.90 Å². The molecule has 0 saturated heterocycles. The van der Waals surface area contributed by atoms with Gasteiger partial charge in [0.1, 0.15) is 5.82 Å². The molecule has 0 saturated carbocycles. The normalized spacial score (nSPS) is 10.7. The largest absolute Gasteiger partial charge is 0.392 e. The van der Waals surface area contributed by atoms with Crippen LogP contribution in [0.25, 0.3) is 0 Å². The van der Waals surface area contributed by atoms with Crippen LogP contribution in [0.5, 0.6) is 0 Å². The molecule has 1 N–H and O–H groups in total. The van der Waals surface area contributed by atoms with Crippen LogP contribution in [-0.4, -0.2) is 45.6 Å². The number of benzene rings is 1. The number of aliphatic hydroxyl groups excluding tert-OH is 1. The SMILES string of the molecule is COCCCN(CCOC)c1ccc(F)cc1CO. The van der Waals surface area contributed by atoms with Gasteiger partial charge in [0, 0.05) is 45.2 Å². The van der Waals surface area contributed by atoms with Gasteiger partial charge in [-0.25, -0.2) is 4.39 Å². The number of anilines is 1. The lowest BCUT2D eigenvalue weighted by atomic mass is 10.1. The molecule has 0 amide bonds. The van der Waals surface area contributed by atoms with Crippen LogP contribution >= 0.6 is 0 Å². The second-order valence-corrected chi connectivity index (χ2v) is 4.26. The maximum absolute atomic E-state index is 13.2. The van der Waals surface area contributed by atoms with Crippen LogP contribution in [0.1, 0.15) is 12.0 Å². The van der Waals surface area contributed by atoms with E-state index in [-0.39, 0.29) is 12.4 Å². The Labute approximate surface area is 113 Å². The van der Waals surface area contributed by atoms with Crippen LogP contribution < -0.4 is 4.90 Å². The van der Waals surface area contributed by atoms with Gasteiger partial charge in [-0.1, -0.05) is 0 Å². The first-order valence-corrected chi connectivity index (χ1v) is 6.35. The van der Waals surface area contributed by atoms with E-state index in [0.29, 0.717) is 25.3 Å². The number of nitrogens with zero attached hydrogens (tertiary/aromatic N) is 1. The third kappa shape index (κ3) is 5.14. The number of ether oxygens (including phenoxy) is 2. The molecule has 5 heteroatoms. The van der Waals surface area contributed by atoms with Crippen molar-refractivity contribution in [3.05, 3.63) is 29.6 Å². The van der Waals surface area contributed by atoms with Gasteiger partial charge in [0.05, 0.1) is 13.2 Å². The molecule has 0 aliphatic rings. The Kier molecular flexibility index (Phi) is 7.40. The summed E-state index contributed by atoms with van der Waals surface area (Å²) in [5.74, 6) is -0.337. The Hall–Kier alpha value is -1.17. The Morgan fingerprint density at radius 2 is 1.89 bits per heavy atom. The quantitative estimate of drug-likeness (QED) is 0.696. The number of methoxy groups -OCH3 is 2. The standard InChI is InChI=1S/C14H22FNO3/c1-18-8-3-6-16(7-9-19-2)14-5-4-13(15)10-12(14)11-17/h4-5,10,17H,3,6-9,11H2,1-2H3. The highest BCUT2D eigenvalue weighted by atomic mass is 19.1. The zero-order valence-corrected chi connectivity index (χ0v) is 11.6. The highest BCUT2D eigenvalue weighted by Gasteiger charge is 2.11. The molecule has 108 valence electrons. The van der Waals surface area contributed by atoms with Gasteiger partial charge in [-0.2, -0.15) is 0 Å². The molecule has 4 nitrogen and oxygen atoms in total. The summed E-state index contributed by atoms with van der Waals surface area (Å²) in [4.78, 5) is 2.08. The van der Waals surface area contributed by atoms with Gasteiger partial charge in [-0.3, -0.25) is 0 Å². The highest BCUT2D eigenvalue weighted by Crippen LogP contribution is 2.22. The predicted octanol–water partition coefficient (Wildman–Crippen LogP) is 1.81. The van der Waals surface area contributed by atoms with Crippen LogP contribution in [0, 0.1) is 5.82 Å². The van der Waals surface area contributed by atoms with Crippen LogP contribution in [0.15, 0.2) is 18.2 Å².